The van der Waals surface area contributed by atoms with Crippen molar-refractivity contribution in [1.29, 1.82) is 0 Å². The van der Waals surface area contributed by atoms with Gasteiger partial charge in [0, 0.05) is 30.3 Å². The lowest BCUT2D eigenvalue weighted by atomic mass is 9.95. The van der Waals surface area contributed by atoms with E-state index in [9.17, 15) is 22.8 Å². The van der Waals surface area contributed by atoms with Crippen molar-refractivity contribution in [3.63, 3.8) is 0 Å². The smallest absolute Gasteiger partial charge is 0.408 e. The molecule has 0 saturated heterocycles. The Morgan fingerprint density at radius 2 is 1.91 bits per heavy atom. The third-order valence-electron chi connectivity index (χ3n) is 5.83. The fourth-order valence-corrected chi connectivity index (χ4v) is 4.33. The molecule has 10 heteroatoms. The fourth-order valence-electron chi connectivity index (χ4n) is 4.33. The number of fused-ring (bicyclic) bond motifs is 2. The van der Waals surface area contributed by atoms with Gasteiger partial charge in [-0.05, 0) is 43.7 Å². The highest BCUT2D eigenvalue weighted by atomic mass is 19.2. The molecular formula is C22H17F3N4O3. The SMILES string of the molecule is C[C@H]1c2nn(C)c(-c3cc(F)c(F)c(F)c3)c2CCN1C(=O)c1ccc2oc(=O)[nH]c2c1. The number of carbonyl (C=O) groups excluding carboxylic acids is 1. The van der Waals surface area contributed by atoms with Gasteiger partial charge in [0.2, 0.25) is 0 Å². The summed E-state index contributed by atoms with van der Waals surface area (Å²) < 4.78 is 47.5. The van der Waals surface area contributed by atoms with Crippen molar-refractivity contribution in [2.75, 3.05) is 6.54 Å². The number of nitrogens with one attached hydrogen (secondary N) is 1. The number of hydrogen-bond donors (Lipinski definition) is 1. The maximum atomic E-state index is 13.8. The molecule has 0 radical (unpaired) electrons. The van der Waals surface area contributed by atoms with Crippen molar-refractivity contribution in [1.82, 2.24) is 19.7 Å². The summed E-state index contributed by atoms with van der Waals surface area (Å²) in [7, 11) is 1.63. The highest BCUT2D eigenvalue weighted by molar-refractivity contribution is 5.97. The first-order chi connectivity index (χ1) is 15.2. The summed E-state index contributed by atoms with van der Waals surface area (Å²) in [4.78, 5) is 28.7. The summed E-state index contributed by atoms with van der Waals surface area (Å²) in [6, 6.07) is 6.16. The molecule has 1 amide bonds. The number of aryl methyl sites for hydroxylation is 1. The molecule has 7 nitrogen and oxygen atoms in total. The van der Waals surface area contributed by atoms with Crippen LogP contribution in [0.2, 0.25) is 0 Å². The molecule has 164 valence electrons. The van der Waals surface area contributed by atoms with Gasteiger partial charge in [-0.3, -0.25) is 14.5 Å². The summed E-state index contributed by atoms with van der Waals surface area (Å²) in [6.45, 7) is 2.16. The average Bonchev–Trinajstić information content (AvgIpc) is 3.29. The highest BCUT2D eigenvalue weighted by Gasteiger charge is 2.33. The Bertz CT molecular complexity index is 1430. The lowest BCUT2D eigenvalue weighted by Gasteiger charge is -2.33. The first-order valence-corrected chi connectivity index (χ1v) is 9.89. The lowest BCUT2D eigenvalue weighted by Crippen LogP contribution is -2.38. The normalized spacial score (nSPS) is 15.9. The van der Waals surface area contributed by atoms with Crippen LogP contribution in [-0.2, 0) is 13.5 Å². The summed E-state index contributed by atoms with van der Waals surface area (Å²) in [6.07, 6.45) is 0.403. The van der Waals surface area contributed by atoms with E-state index >= 15 is 0 Å². The molecule has 1 N–H and O–H groups in total. The molecule has 0 saturated carbocycles. The van der Waals surface area contributed by atoms with Crippen LogP contribution in [0.4, 0.5) is 13.2 Å². The Balaban J connectivity index is 1.51. The van der Waals surface area contributed by atoms with Crippen LogP contribution in [0.1, 0.15) is 34.6 Å². The largest absolute Gasteiger partial charge is 0.417 e. The minimum atomic E-state index is -1.52. The summed E-state index contributed by atoms with van der Waals surface area (Å²) in [5.41, 5.74) is 3.17. The maximum absolute atomic E-state index is 13.8. The molecule has 0 unspecified atom stereocenters. The van der Waals surface area contributed by atoms with Gasteiger partial charge >= 0.3 is 5.76 Å². The van der Waals surface area contributed by atoms with Gasteiger partial charge in [-0.1, -0.05) is 0 Å². The zero-order chi connectivity index (χ0) is 22.7. The Morgan fingerprint density at radius 3 is 2.62 bits per heavy atom. The molecule has 2 aromatic heterocycles. The molecule has 0 fully saturated rings. The standard InChI is InChI=1S/C22H17F3N4O3/c1-10-19-13(20(28(2)27-19)12-7-14(23)18(25)15(24)8-12)5-6-29(10)21(30)11-3-4-17-16(9-11)26-22(31)32-17/h3-4,7-10H,5-6H2,1-2H3,(H,26,31)/t10-/m0/s1. The minimum Gasteiger partial charge on any atom is -0.408 e. The van der Waals surface area contributed by atoms with E-state index in [0.29, 0.717) is 41.0 Å². The summed E-state index contributed by atoms with van der Waals surface area (Å²) >= 11 is 0. The Kier molecular flexibility index (Phi) is 4.47. The number of carbonyl (C=O) groups is 1. The topological polar surface area (TPSA) is 84.1 Å². The van der Waals surface area contributed by atoms with Crippen LogP contribution in [0.25, 0.3) is 22.4 Å². The number of aromatic amines is 1. The number of hydrogen-bond acceptors (Lipinski definition) is 4. The molecule has 0 spiro atoms. The molecule has 1 aliphatic heterocycles. The second-order valence-electron chi connectivity index (χ2n) is 7.74. The number of benzene rings is 2. The number of H-pyrrole nitrogens is 1. The van der Waals surface area contributed by atoms with E-state index in [0.717, 1.165) is 17.7 Å². The molecule has 4 aromatic rings. The lowest BCUT2D eigenvalue weighted by molar-refractivity contribution is 0.0674. The maximum Gasteiger partial charge on any atom is 0.417 e. The zero-order valence-electron chi connectivity index (χ0n) is 17.1. The zero-order valence-corrected chi connectivity index (χ0v) is 17.1. The van der Waals surface area contributed by atoms with Crippen molar-refractivity contribution < 1.29 is 22.4 Å². The summed E-state index contributed by atoms with van der Waals surface area (Å²) in [5, 5.41) is 4.49. The molecular weight excluding hydrogens is 425 g/mol. The van der Waals surface area contributed by atoms with Gasteiger partial charge in [0.05, 0.1) is 22.9 Å². The van der Waals surface area contributed by atoms with Crippen molar-refractivity contribution in [2.45, 2.75) is 19.4 Å². The van der Waals surface area contributed by atoms with E-state index in [1.807, 2.05) is 6.92 Å². The van der Waals surface area contributed by atoms with Gasteiger partial charge in [0.25, 0.3) is 5.91 Å². The van der Waals surface area contributed by atoms with Crippen LogP contribution < -0.4 is 5.76 Å². The van der Waals surface area contributed by atoms with Crippen molar-refractivity contribution in [3.8, 4) is 11.3 Å². The van der Waals surface area contributed by atoms with Crippen LogP contribution in [0.5, 0.6) is 0 Å². The van der Waals surface area contributed by atoms with Crippen LogP contribution in [0.3, 0.4) is 0 Å². The molecule has 1 atom stereocenters. The molecule has 0 aliphatic carbocycles. The Hall–Kier alpha value is -3.82. The van der Waals surface area contributed by atoms with Crippen LogP contribution in [-0.4, -0.2) is 32.1 Å². The second-order valence-corrected chi connectivity index (χ2v) is 7.74. The number of amides is 1. The van der Waals surface area contributed by atoms with Crippen molar-refractivity contribution in [2.24, 2.45) is 7.05 Å². The average molecular weight is 442 g/mol. The number of nitrogens with zero attached hydrogens (tertiary/aromatic N) is 3. The highest BCUT2D eigenvalue weighted by Crippen LogP contribution is 2.37. The van der Waals surface area contributed by atoms with Crippen molar-refractivity contribution >= 4 is 17.0 Å². The van der Waals surface area contributed by atoms with Gasteiger partial charge in [-0.15, -0.1) is 0 Å². The van der Waals surface area contributed by atoms with Crippen molar-refractivity contribution in [3.05, 3.63) is 75.2 Å². The second kappa shape index (κ2) is 7.11. The number of aromatic nitrogens is 3. The van der Waals surface area contributed by atoms with Crippen LogP contribution in [0, 0.1) is 17.5 Å². The van der Waals surface area contributed by atoms with Crippen LogP contribution in [0.15, 0.2) is 39.5 Å². The molecule has 5 rings (SSSR count). The van der Waals surface area contributed by atoms with Crippen LogP contribution >= 0.6 is 0 Å². The minimum absolute atomic E-state index is 0.180. The van der Waals surface area contributed by atoms with Gasteiger partial charge < -0.3 is 9.32 Å². The van der Waals surface area contributed by atoms with E-state index < -0.39 is 29.2 Å². The molecule has 1 aliphatic rings. The van der Waals surface area contributed by atoms with E-state index in [-0.39, 0.29) is 11.5 Å². The number of halogens is 3. The van der Waals surface area contributed by atoms with E-state index in [1.54, 1.807) is 30.1 Å². The van der Waals surface area contributed by atoms with Gasteiger partial charge in [-0.2, -0.15) is 5.10 Å². The molecule has 32 heavy (non-hydrogen) atoms. The third kappa shape index (κ3) is 3.02. The first kappa shape index (κ1) is 20.1. The van der Waals surface area contributed by atoms with Gasteiger partial charge in [0.1, 0.15) is 0 Å². The van der Waals surface area contributed by atoms with E-state index in [4.69, 9.17) is 4.42 Å². The Labute approximate surface area is 179 Å². The van der Waals surface area contributed by atoms with E-state index in [2.05, 4.69) is 10.1 Å². The Morgan fingerprint density at radius 1 is 1.19 bits per heavy atom. The number of rotatable bonds is 2. The molecule has 3 heterocycles. The number of oxazole rings is 1. The predicted molar refractivity (Wildman–Crippen MR) is 109 cm³/mol. The third-order valence-corrected chi connectivity index (χ3v) is 5.83. The van der Waals surface area contributed by atoms with Gasteiger partial charge in [-0.25, -0.2) is 18.0 Å². The molecule has 0 bridgehead atoms. The van der Waals surface area contributed by atoms with Gasteiger partial charge in [0.15, 0.2) is 23.0 Å². The quantitative estimate of drug-likeness (QED) is 0.480. The van der Waals surface area contributed by atoms with E-state index in [1.165, 1.54) is 4.68 Å². The summed E-state index contributed by atoms with van der Waals surface area (Å²) in [5.74, 6) is -4.93. The molecule has 2 aromatic carbocycles. The monoisotopic (exact) mass is 442 g/mol. The fraction of sp³-hybridized carbons (Fsp3) is 0.227. The predicted octanol–water partition coefficient (Wildman–Crippen LogP) is 3.70. The first-order valence-electron chi connectivity index (χ1n) is 9.89.